The molecule has 1 aliphatic heterocycles. The number of hydrogen-bond acceptors (Lipinski definition) is 5. The highest BCUT2D eigenvalue weighted by molar-refractivity contribution is 7.19. The highest BCUT2D eigenvalue weighted by Crippen LogP contribution is 2.41. The van der Waals surface area contributed by atoms with Gasteiger partial charge in [0.15, 0.2) is 0 Å². The SMILES string of the molecule is Cc1ccc(-c2c(C)sc3ncnc(N4CCN(c5ccccc5F)CC4)c23)cc1. The van der Waals surface area contributed by atoms with Gasteiger partial charge in [0.05, 0.1) is 11.1 Å². The number of halogens is 1. The van der Waals surface area contributed by atoms with Gasteiger partial charge in [-0.2, -0.15) is 0 Å². The van der Waals surface area contributed by atoms with E-state index < -0.39 is 0 Å². The Kier molecular flexibility index (Phi) is 4.87. The third kappa shape index (κ3) is 3.31. The van der Waals surface area contributed by atoms with Gasteiger partial charge in [-0.3, -0.25) is 0 Å². The van der Waals surface area contributed by atoms with E-state index in [1.54, 1.807) is 23.7 Å². The van der Waals surface area contributed by atoms with Crippen LogP contribution in [0.25, 0.3) is 21.3 Å². The molecule has 30 heavy (non-hydrogen) atoms. The second-order valence-corrected chi connectivity index (χ2v) is 8.91. The van der Waals surface area contributed by atoms with E-state index in [0.29, 0.717) is 5.69 Å². The first-order valence-electron chi connectivity index (χ1n) is 10.2. The number of piperazine rings is 1. The van der Waals surface area contributed by atoms with Gasteiger partial charge in [0.2, 0.25) is 0 Å². The quantitative estimate of drug-likeness (QED) is 0.443. The van der Waals surface area contributed by atoms with Crippen molar-refractivity contribution in [1.29, 1.82) is 0 Å². The maximum absolute atomic E-state index is 14.2. The molecule has 1 aliphatic rings. The molecular formula is C24H23FN4S. The highest BCUT2D eigenvalue weighted by Gasteiger charge is 2.24. The number of rotatable bonds is 3. The van der Waals surface area contributed by atoms with E-state index >= 15 is 0 Å². The van der Waals surface area contributed by atoms with Gasteiger partial charge < -0.3 is 9.80 Å². The van der Waals surface area contributed by atoms with Crippen molar-refractivity contribution >= 4 is 33.1 Å². The summed E-state index contributed by atoms with van der Waals surface area (Å²) >= 11 is 1.72. The van der Waals surface area contributed by atoms with E-state index in [0.717, 1.165) is 42.2 Å². The van der Waals surface area contributed by atoms with Gasteiger partial charge in [-0.05, 0) is 31.5 Å². The molecule has 152 valence electrons. The summed E-state index contributed by atoms with van der Waals surface area (Å²) in [5, 5.41) is 1.13. The molecule has 1 saturated heterocycles. The summed E-state index contributed by atoms with van der Waals surface area (Å²) in [6.45, 7) is 7.36. The van der Waals surface area contributed by atoms with Crippen molar-refractivity contribution < 1.29 is 4.39 Å². The molecular weight excluding hydrogens is 395 g/mol. The largest absolute Gasteiger partial charge is 0.366 e. The van der Waals surface area contributed by atoms with Gasteiger partial charge in [0, 0.05) is 36.6 Å². The number of hydrogen-bond donors (Lipinski definition) is 0. The normalized spacial score (nSPS) is 14.5. The molecule has 0 saturated carbocycles. The van der Waals surface area contributed by atoms with E-state index in [1.165, 1.54) is 27.6 Å². The lowest BCUT2D eigenvalue weighted by atomic mass is 10.0. The van der Waals surface area contributed by atoms with Crippen molar-refractivity contribution in [3.8, 4) is 11.1 Å². The standard InChI is InChI=1S/C24H23FN4S/c1-16-7-9-18(10-8-16)21-17(2)30-24-22(21)23(26-15-27-24)29-13-11-28(12-14-29)20-6-4-3-5-19(20)25/h3-10,15H,11-14H2,1-2H3. The van der Waals surface area contributed by atoms with Crippen LogP contribution in [0.15, 0.2) is 54.9 Å². The summed E-state index contributed by atoms with van der Waals surface area (Å²) in [6.07, 6.45) is 1.66. The number of aromatic nitrogens is 2. The minimum Gasteiger partial charge on any atom is -0.366 e. The topological polar surface area (TPSA) is 32.3 Å². The van der Waals surface area contributed by atoms with E-state index in [2.05, 4.69) is 52.9 Å². The van der Waals surface area contributed by atoms with Crippen LogP contribution in [0.5, 0.6) is 0 Å². The van der Waals surface area contributed by atoms with Crippen molar-refractivity contribution in [3.05, 3.63) is 71.1 Å². The van der Waals surface area contributed by atoms with Crippen LogP contribution < -0.4 is 9.80 Å². The maximum atomic E-state index is 14.2. The molecule has 3 heterocycles. The number of fused-ring (bicyclic) bond motifs is 1. The predicted molar refractivity (Wildman–Crippen MR) is 123 cm³/mol. The number of benzene rings is 2. The average molecular weight is 419 g/mol. The van der Waals surface area contributed by atoms with Crippen LogP contribution in [0.3, 0.4) is 0 Å². The second kappa shape index (κ2) is 7.69. The minimum atomic E-state index is -0.162. The first-order valence-corrected chi connectivity index (χ1v) is 11.0. The van der Waals surface area contributed by atoms with Gasteiger partial charge in [-0.15, -0.1) is 11.3 Å². The molecule has 4 aromatic rings. The van der Waals surface area contributed by atoms with E-state index in [1.807, 2.05) is 12.1 Å². The fourth-order valence-electron chi connectivity index (χ4n) is 4.20. The fourth-order valence-corrected chi connectivity index (χ4v) is 5.21. The molecule has 0 radical (unpaired) electrons. The smallest absolute Gasteiger partial charge is 0.146 e. The lowest BCUT2D eigenvalue weighted by Gasteiger charge is -2.37. The molecule has 2 aromatic carbocycles. The van der Waals surface area contributed by atoms with Gasteiger partial charge in [-0.25, -0.2) is 14.4 Å². The first kappa shape index (κ1) is 19.0. The Balaban J connectivity index is 1.50. The molecule has 1 fully saturated rings. The molecule has 0 amide bonds. The number of aryl methyl sites for hydroxylation is 2. The van der Waals surface area contributed by atoms with Crippen LogP contribution in [0.2, 0.25) is 0 Å². The number of thiophene rings is 1. The van der Waals surface area contributed by atoms with Crippen molar-refractivity contribution in [3.63, 3.8) is 0 Å². The Morgan fingerprint density at radius 1 is 0.867 bits per heavy atom. The zero-order chi connectivity index (χ0) is 20.7. The summed E-state index contributed by atoms with van der Waals surface area (Å²) in [4.78, 5) is 15.9. The number of nitrogens with zero attached hydrogens (tertiary/aromatic N) is 4. The van der Waals surface area contributed by atoms with Crippen molar-refractivity contribution in [2.75, 3.05) is 36.0 Å². The summed E-state index contributed by atoms with van der Waals surface area (Å²) in [5.41, 5.74) is 4.35. The van der Waals surface area contributed by atoms with E-state index in [9.17, 15) is 4.39 Å². The zero-order valence-electron chi connectivity index (χ0n) is 17.1. The molecule has 6 heteroatoms. The molecule has 0 N–H and O–H groups in total. The lowest BCUT2D eigenvalue weighted by molar-refractivity contribution is 0.596. The molecule has 4 nitrogen and oxygen atoms in total. The van der Waals surface area contributed by atoms with E-state index in [-0.39, 0.29) is 5.82 Å². The Morgan fingerprint density at radius 3 is 2.30 bits per heavy atom. The Bertz CT molecular complexity index is 1190. The molecule has 0 aliphatic carbocycles. The monoisotopic (exact) mass is 418 g/mol. The van der Waals surface area contributed by atoms with Crippen LogP contribution in [-0.4, -0.2) is 36.1 Å². The first-order chi connectivity index (χ1) is 14.6. The summed E-state index contributed by atoms with van der Waals surface area (Å²) in [7, 11) is 0. The van der Waals surface area contributed by atoms with Crippen molar-refractivity contribution in [2.45, 2.75) is 13.8 Å². The molecule has 0 unspecified atom stereocenters. The second-order valence-electron chi connectivity index (χ2n) is 7.70. The number of anilines is 2. The third-order valence-electron chi connectivity index (χ3n) is 5.76. The van der Waals surface area contributed by atoms with E-state index in [4.69, 9.17) is 4.98 Å². The highest BCUT2D eigenvalue weighted by atomic mass is 32.1. The maximum Gasteiger partial charge on any atom is 0.146 e. The fraction of sp³-hybridized carbons (Fsp3) is 0.250. The summed E-state index contributed by atoms with van der Waals surface area (Å²) < 4.78 is 14.2. The van der Waals surface area contributed by atoms with Gasteiger partial charge >= 0.3 is 0 Å². The van der Waals surface area contributed by atoms with Crippen LogP contribution in [0, 0.1) is 19.7 Å². The molecule has 0 bridgehead atoms. The van der Waals surface area contributed by atoms with Gasteiger partial charge in [-0.1, -0.05) is 42.0 Å². The van der Waals surface area contributed by atoms with Crippen molar-refractivity contribution in [2.24, 2.45) is 0 Å². The van der Waals surface area contributed by atoms with Crippen LogP contribution in [-0.2, 0) is 0 Å². The van der Waals surface area contributed by atoms with Crippen LogP contribution in [0.1, 0.15) is 10.4 Å². The minimum absolute atomic E-state index is 0.162. The molecule has 0 spiro atoms. The lowest BCUT2D eigenvalue weighted by Crippen LogP contribution is -2.47. The molecule has 0 atom stereocenters. The molecule has 2 aromatic heterocycles. The van der Waals surface area contributed by atoms with Crippen LogP contribution >= 0.6 is 11.3 Å². The van der Waals surface area contributed by atoms with Gasteiger partial charge in [0.25, 0.3) is 0 Å². The van der Waals surface area contributed by atoms with Crippen molar-refractivity contribution in [1.82, 2.24) is 9.97 Å². The number of para-hydroxylation sites is 1. The Morgan fingerprint density at radius 2 is 1.57 bits per heavy atom. The summed E-state index contributed by atoms with van der Waals surface area (Å²) in [5.74, 6) is 0.818. The third-order valence-corrected chi connectivity index (χ3v) is 6.77. The predicted octanol–water partition coefficient (Wildman–Crippen LogP) is 5.44. The average Bonchev–Trinajstić information content (AvgIpc) is 3.11. The zero-order valence-corrected chi connectivity index (χ0v) is 17.9. The Hall–Kier alpha value is -2.99. The van der Waals surface area contributed by atoms with Gasteiger partial charge in [0.1, 0.15) is 22.8 Å². The Labute approximate surface area is 179 Å². The molecule has 5 rings (SSSR count). The summed E-state index contributed by atoms with van der Waals surface area (Å²) in [6, 6.07) is 15.7. The van der Waals surface area contributed by atoms with Crippen LogP contribution in [0.4, 0.5) is 15.9 Å².